The first-order valence-electron chi connectivity index (χ1n) is 14.7. The molecule has 2 unspecified atom stereocenters. The molecule has 2 heterocycles. The van der Waals surface area contributed by atoms with Gasteiger partial charge in [-0.05, 0) is 71.1 Å². The van der Waals surface area contributed by atoms with Crippen molar-refractivity contribution in [1.29, 1.82) is 0 Å². The van der Waals surface area contributed by atoms with Crippen LogP contribution >= 0.6 is 11.8 Å². The molecular formula is C35H41NO5S. The Hall–Kier alpha value is -3.13. The molecule has 0 radical (unpaired) electrons. The number of hydrogen-bond acceptors (Lipinski definition) is 7. The summed E-state index contributed by atoms with van der Waals surface area (Å²) in [6.07, 6.45) is 5.92. The zero-order valence-corrected chi connectivity index (χ0v) is 26.3. The standard InChI is InChI=1S/C35H41NO5S/c1-22(2)16-18-35(19-17-23(3)4)24(5)32(42-25-12-8-7-9-13-25)31-29(33(35)37)30(36-41-31)28-26(14-10-15-27(28)38-6)34-39-20-11-21-40-34/h7-10,12-17,24,32,34H,11,18-21H2,1-6H3. The zero-order chi connectivity index (χ0) is 29.9. The zero-order valence-electron chi connectivity index (χ0n) is 25.4. The largest absolute Gasteiger partial charge is 0.496 e. The lowest BCUT2D eigenvalue weighted by atomic mass is 9.61. The predicted molar refractivity (Wildman–Crippen MR) is 167 cm³/mol. The first-order chi connectivity index (χ1) is 20.3. The SMILES string of the molecule is COc1cccc(C2OCCCO2)c1-c1noc2c1C(=O)C(CC=C(C)C)(CC=C(C)C)C(C)C2Sc1ccccc1. The number of aromatic nitrogens is 1. The molecule has 0 bridgehead atoms. The predicted octanol–water partition coefficient (Wildman–Crippen LogP) is 9.15. The van der Waals surface area contributed by atoms with Gasteiger partial charge < -0.3 is 18.7 Å². The smallest absolute Gasteiger partial charge is 0.184 e. The third kappa shape index (κ3) is 5.87. The summed E-state index contributed by atoms with van der Waals surface area (Å²) >= 11 is 1.73. The summed E-state index contributed by atoms with van der Waals surface area (Å²) in [5.41, 5.74) is 4.18. The number of thioether (sulfide) groups is 1. The van der Waals surface area contributed by atoms with Gasteiger partial charge in [-0.25, -0.2) is 0 Å². The minimum Gasteiger partial charge on any atom is -0.496 e. The van der Waals surface area contributed by atoms with E-state index in [1.807, 2.05) is 36.4 Å². The monoisotopic (exact) mass is 587 g/mol. The molecule has 0 amide bonds. The van der Waals surface area contributed by atoms with E-state index in [0.29, 0.717) is 54.4 Å². The summed E-state index contributed by atoms with van der Waals surface area (Å²) in [5, 5.41) is 4.51. The van der Waals surface area contributed by atoms with Crippen LogP contribution in [0.15, 0.2) is 81.2 Å². The summed E-state index contributed by atoms with van der Waals surface area (Å²) in [5.74, 6) is 1.24. The van der Waals surface area contributed by atoms with E-state index in [0.717, 1.165) is 16.9 Å². The highest BCUT2D eigenvalue weighted by Gasteiger charge is 2.54. The van der Waals surface area contributed by atoms with Crippen LogP contribution in [-0.4, -0.2) is 31.3 Å². The number of fused-ring (bicyclic) bond motifs is 1. The van der Waals surface area contributed by atoms with Gasteiger partial charge in [0.2, 0.25) is 0 Å². The van der Waals surface area contributed by atoms with E-state index in [1.54, 1.807) is 18.9 Å². The lowest BCUT2D eigenvalue weighted by Gasteiger charge is -2.43. The van der Waals surface area contributed by atoms with Gasteiger partial charge in [0.05, 0.1) is 36.7 Å². The van der Waals surface area contributed by atoms with Crippen LogP contribution < -0.4 is 4.74 Å². The summed E-state index contributed by atoms with van der Waals surface area (Å²) < 4.78 is 24.1. The fourth-order valence-corrected chi connectivity index (χ4v) is 7.25. The molecule has 6 nitrogen and oxygen atoms in total. The van der Waals surface area contributed by atoms with Crippen LogP contribution in [0.4, 0.5) is 0 Å². The van der Waals surface area contributed by atoms with Crippen LogP contribution in [-0.2, 0) is 9.47 Å². The Labute approximate surface area is 253 Å². The van der Waals surface area contributed by atoms with E-state index in [4.69, 9.17) is 18.7 Å². The van der Waals surface area contributed by atoms with E-state index >= 15 is 4.79 Å². The summed E-state index contributed by atoms with van der Waals surface area (Å²) in [6, 6.07) is 16.1. The first-order valence-corrected chi connectivity index (χ1v) is 15.6. The van der Waals surface area contributed by atoms with Gasteiger partial charge in [-0.2, -0.15) is 0 Å². The first kappa shape index (κ1) is 30.3. The molecule has 7 heteroatoms. The fraction of sp³-hybridized carbons (Fsp3) is 0.429. The molecular weight excluding hydrogens is 546 g/mol. The van der Waals surface area contributed by atoms with Gasteiger partial charge in [0.15, 0.2) is 17.8 Å². The van der Waals surface area contributed by atoms with Crippen molar-refractivity contribution in [3.63, 3.8) is 0 Å². The number of hydrogen-bond donors (Lipinski definition) is 0. The molecule has 2 atom stereocenters. The highest BCUT2D eigenvalue weighted by Crippen LogP contribution is 2.59. The van der Waals surface area contributed by atoms with E-state index < -0.39 is 11.7 Å². The minimum absolute atomic E-state index is 0.0307. The van der Waals surface area contributed by atoms with Crippen LogP contribution in [0.25, 0.3) is 11.3 Å². The molecule has 2 aromatic carbocycles. The second-order valence-electron chi connectivity index (χ2n) is 11.7. The molecule has 1 fully saturated rings. The molecule has 2 aliphatic rings. The van der Waals surface area contributed by atoms with Crippen molar-refractivity contribution in [1.82, 2.24) is 5.16 Å². The maximum absolute atomic E-state index is 15.0. The van der Waals surface area contributed by atoms with Crippen molar-refractivity contribution in [3.05, 3.63) is 88.7 Å². The molecule has 222 valence electrons. The van der Waals surface area contributed by atoms with E-state index in [1.165, 1.54) is 11.1 Å². The number of benzene rings is 2. The Kier molecular flexibility index (Phi) is 9.41. The fourth-order valence-electron chi connectivity index (χ4n) is 5.91. The normalized spacial score (nSPS) is 20.1. The summed E-state index contributed by atoms with van der Waals surface area (Å²) in [4.78, 5) is 16.2. The van der Waals surface area contributed by atoms with Gasteiger partial charge in [-0.1, -0.05) is 65.7 Å². The van der Waals surface area contributed by atoms with Crippen LogP contribution in [0.2, 0.25) is 0 Å². The molecule has 42 heavy (non-hydrogen) atoms. The number of ketones is 1. The molecule has 5 rings (SSSR count). The average molecular weight is 588 g/mol. The van der Waals surface area contributed by atoms with E-state index in [2.05, 4.69) is 64.1 Å². The van der Waals surface area contributed by atoms with Crippen molar-refractivity contribution >= 4 is 17.5 Å². The highest BCUT2D eigenvalue weighted by molar-refractivity contribution is 7.99. The molecule has 1 aliphatic heterocycles. The topological polar surface area (TPSA) is 70.8 Å². The van der Waals surface area contributed by atoms with E-state index in [9.17, 15) is 0 Å². The molecule has 1 saturated heterocycles. The number of carbonyl (C=O) groups excluding carboxylic acids is 1. The van der Waals surface area contributed by atoms with Crippen molar-refractivity contribution in [2.24, 2.45) is 11.3 Å². The quantitative estimate of drug-likeness (QED) is 0.231. The minimum atomic E-state index is -0.686. The van der Waals surface area contributed by atoms with Gasteiger partial charge in [0.1, 0.15) is 11.4 Å². The molecule has 1 aromatic heterocycles. The Morgan fingerprint density at radius 2 is 1.64 bits per heavy atom. The number of nitrogens with zero attached hydrogens (tertiary/aromatic N) is 1. The summed E-state index contributed by atoms with van der Waals surface area (Å²) in [7, 11) is 1.63. The van der Waals surface area contributed by atoms with Crippen LogP contribution in [0, 0.1) is 11.3 Å². The van der Waals surface area contributed by atoms with Crippen molar-refractivity contribution in [2.75, 3.05) is 20.3 Å². The molecule has 1 aliphatic carbocycles. The molecule has 3 aromatic rings. The Morgan fingerprint density at radius 3 is 2.26 bits per heavy atom. The number of methoxy groups -OCH3 is 1. The number of rotatable bonds is 9. The van der Waals surface area contributed by atoms with E-state index in [-0.39, 0.29) is 17.0 Å². The number of allylic oxidation sites excluding steroid dienone is 4. The number of ether oxygens (including phenoxy) is 3. The van der Waals surface area contributed by atoms with Gasteiger partial charge >= 0.3 is 0 Å². The number of carbonyl (C=O) groups is 1. The second kappa shape index (κ2) is 13.0. The van der Waals surface area contributed by atoms with Crippen LogP contribution in [0.5, 0.6) is 5.75 Å². The lowest BCUT2D eigenvalue weighted by molar-refractivity contribution is -0.182. The van der Waals surface area contributed by atoms with Gasteiger partial charge in [-0.3, -0.25) is 4.79 Å². The van der Waals surface area contributed by atoms with Crippen LogP contribution in [0.1, 0.15) is 87.1 Å². The molecule has 0 saturated carbocycles. The maximum atomic E-state index is 15.0. The molecule has 0 N–H and O–H groups in total. The number of Topliss-reactive ketones (excluding diaryl/α,β-unsaturated/α-hetero) is 1. The van der Waals surface area contributed by atoms with Crippen molar-refractivity contribution in [3.8, 4) is 17.0 Å². The maximum Gasteiger partial charge on any atom is 0.184 e. The third-order valence-corrected chi connectivity index (χ3v) is 9.75. The lowest BCUT2D eigenvalue weighted by Crippen LogP contribution is -2.43. The van der Waals surface area contributed by atoms with Crippen molar-refractivity contribution < 1.29 is 23.5 Å². The highest BCUT2D eigenvalue weighted by atomic mass is 32.2. The molecule has 0 spiro atoms. The van der Waals surface area contributed by atoms with Crippen LogP contribution in [0.3, 0.4) is 0 Å². The van der Waals surface area contributed by atoms with Crippen molar-refractivity contribution in [2.45, 2.75) is 70.3 Å². The van der Waals surface area contributed by atoms with Gasteiger partial charge in [-0.15, -0.1) is 11.8 Å². The second-order valence-corrected chi connectivity index (χ2v) is 12.9. The van der Waals surface area contributed by atoms with Gasteiger partial charge in [0, 0.05) is 15.9 Å². The summed E-state index contributed by atoms with van der Waals surface area (Å²) in [6.45, 7) is 11.7. The third-order valence-electron chi connectivity index (χ3n) is 8.33. The Balaban J connectivity index is 1.75. The Morgan fingerprint density at radius 1 is 0.976 bits per heavy atom. The average Bonchev–Trinajstić information content (AvgIpc) is 3.44. The van der Waals surface area contributed by atoms with Gasteiger partial charge in [0.25, 0.3) is 0 Å². The Bertz CT molecular complexity index is 1440.